The summed E-state index contributed by atoms with van der Waals surface area (Å²) in [4.78, 5) is 25.6. The highest BCUT2D eigenvalue weighted by Crippen LogP contribution is 2.04. The molecule has 6 nitrogen and oxygen atoms in total. The molecule has 0 rings (SSSR count). The van der Waals surface area contributed by atoms with Crippen molar-refractivity contribution in [3.8, 4) is 0 Å². The first-order valence-corrected chi connectivity index (χ1v) is 6.94. The van der Waals surface area contributed by atoms with E-state index in [1.165, 1.54) is 14.2 Å². The minimum Gasteiger partial charge on any atom is -0.354 e. The molecule has 0 fully saturated rings. The predicted molar refractivity (Wildman–Crippen MR) is 77.1 cm³/mol. The average Bonchev–Trinajstić information content (AvgIpc) is 2.36. The number of nitrogens with one attached hydrogen (secondary N) is 1. The van der Waals surface area contributed by atoms with E-state index < -0.39 is 18.1 Å². The molecule has 0 aliphatic carbocycles. The third-order valence-corrected chi connectivity index (χ3v) is 2.61. The molecule has 20 heavy (non-hydrogen) atoms. The van der Waals surface area contributed by atoms with Gasteiger partial charge in [0, 0.05) is 27.3 Å². The summed E-state index contributed by atoms with van der Waals surface area (Å²) in [5, 5.41) is 2.53. The second-order valence-corrected chi connectivity index (χ2v) is 5.61. The molecule has 2 amide bonds. The van der Waals surface area contributed by atoms with Crippen LogP contribution in [0, 0.1) is 11.8 Å². The number of hydrogen-bond acceptors (Lipinski definition) is 4. The molecule has 0 radical (unpaired) electrons. The second kappa shape index (κ2) is 9.72. The zero-order chi connectivity index (χ0) is 15.7. The molecule has 6 heteroatoms. The van der Waals surface area contributed by atoms with Crippen LogP contribution in [0.4, 0.5) is 0 Å². The lowest BCUT2D eigenvalue weighted by molar-refractivity contribution is -0.148. The van der Waals surface area contributed by atoms with E-state index in [-0.39, 0.29) is 6.54 Å². The lowest BCUT2D eigenvalue weighted by Gasteiger charge is -2.26. The molecular formula is C14H28N2O4. The Labute approximate surface area is 121 Å². The number of carbonyl (C=O) groups is 2. The molecule has 0 heterocycles. The lowest BCUT2D eigenvalue weighted by atomic mass is 10.1. The minimum absolute atomic E-state index is 0.148. The van der Waals surface area contributed by atoms with Crippen molar-refractivity contribution in [1.82, 2.24) is 10.2 Å². The fourth-order valence-corrected chi connectivity index (χ4v) is 1.78. The van der Waals surface area contributed by atoms with Crippen molar-refractivity contribution in [2.24, 2.45) is 11.8 Å². The second-order valence-electron chi connectivity index (χ2n) is 5.61. The maximum atomic E-state index is 12.1. The van der Waals surface area contributed by atoms with Gasteiger partial charge in [-0.3, -0.25) is 9.59 Å². The Morgan fingerprint density at radius 1 is 1.00 bits per heavy atom. The van der Waals surface area contributed by atoms with Crippen LogP contribution in [0.15, 0.2) is 0 Å². The number of nitrogens with zero attached hydrogens (tertiary/aromatic N) is 1. The van der Waals surface area contributed by atoms with Crippen LogP contribution in [-0.4, -0.2) is 56.9 Å². The van der Waals surface area contributed by atoms with Gasteiger partial charge in [-0.15, -0.1) is 0 Å². The van der Waals surface area contributed by atoms with E-state index in [0.29, 0.717) is 24.9 Å². The number of ether oxygens (including phenoxy) is 2. The molecule has 0 aliphatic heterocycles. The maximum Gasteiger partial charge on any atom is 0.311 e. The molecule has 118 valence electrons. The molecule has 0 aliphatic rings. The Morgan fingerprint density at radius 2 is 1.45 bits per heavy atom. The van der Waals surface area contributed by atoms with E-state index >= 15 is 0 Å². The van der Waals surface area contributed by atoms with Crippen molar-refractivity contribution in [1.29, 1.82) is 0 Å². The monoisotopic (exact) mass is 288 g/mol. The zero-order valence-electron chi connectivity index (χ0n) is 13.4. The largest absolute Gasteiger partial charge is 0.354 e. The molecule has 0 saturated carbocycles. The van der Waals surface area contributed by atoms with Crippen molar-refractivity contribution < 1.29 is 19.1 Å². The maximum absolute atomic E-state index is 12.1. The molecule has 0 bridgehead atoms. The Bertz CT molecular complexity index is 292. The van der Waals surface area contributed by atoms with E-state index in [4.69, 9.17) is 9.47 Å². The topological polar surface area (TPSA) is 67.9 Å². The molecular weight excluding hydrogens is 260 g/mol. The van der Waals surface area contributed by atoms with E-state index in [2.05, 4.69) is 5.32 Å². The van der Waals surface area contributed by atoms with Crippen LogP contribution >= 0.6 is 0 Å². The Morgan fingerprint density at radius 3 is 1.80 bits per heavy atom. The molecule has 0 aromatic heterocycles. The summed E-state index contributed by atoms with van der Waals surface area (Å²) in [6.45, 7) is 9.36. The van der Waals surface area contributed by atoms with Crippen LogP contribution < -0.4 is 5.32 Å². The first kappa shape index (κ1) is 18.9. The molecule has 0 aromatic carbocycles. The van der Waals surface area contributed by atoms with E-state index in [9.17, 15) is 9.59 Å². The summed E-state index contributed by atoms with van der Waals surface area (Å²) in [7, 11) is 2.96. The average molecular weight is 288 g/mol. The normalized spacial score (nSPS) is 11.2. The number of hydrogen-bond donors (Lipinski definition) is 1. The molecule has 0 unspecified atom stereocenters. The number of methoxy groups -OCH3 is 2. The van der Waals surface area contributed by atoms with Gasteiger partial charge in [-0.25, -0.2) is 0 Å². The zero-order valence-corrected chi connectivity index (χ0v) is 13.4. The Balaban J connectivity index is 4.51. The van der Waals surface area contributed by atoms with Crippen LogP contribution in [0.2, 0.25) is 0 Å². The highest BCUT2D eigenvalue weighted by Gasteiger charge is 2.23. The van der Waals surface area contributed by atoms with Crippen LogP contribution in [0.1, 0.15) is 27.7 Å². The third-order valence-electron chi connectivity index (χ3n) is 2.61. The van der Waals surface area contributed by atoms with Crippen LogP contribution in [0.3, 0.4) is 0 Å². The third kappa shape index (κ3) is 7.45. The summed E-state index contributed by atoms with van der Waals surface area (Å²) in [6.07, 6.45) is -0.546. The summed E-state index contributed by atoms with van der Waals surface area (Å²) >= 11 is 0. The number of carbonyl (C=O) groups excluding carboxylic acids is 2. The predicted octanol–water partition coefficient (Wildman–Crippen LogP) is 0.862. The fourth-order valence-electron chi connectivity index (χ4n) is 1.78. The van der Waals surface area contributed by atoms with Gasteiger partial charge in [0.05, 0.1) is 6.54 Å². The first-order chi connectivity index (χ1) is 9.31. The van der Waals surface area contributed by atoms with Gasteiger partial charge in [-0.1, -0.05) is 27.7 Å². The lowest BCUT2D eigenvalue weighted by Crippen LogP contribution is -2.47. The van der Waals surface area contributed by atoms with E-state index in [1.807, 2.05) is 27.7 Å². The number of rotatable bonds is 8. The molecule has 0 atom stereocenters. The van der Waals surface area contributed by atoms with Crippen molar-refractivity contribution in [2.75, 3.05) is 33.9 Å². The van der Waals surface area contributed by atoms with Crippen LogP contribution in [0.5, 0.6) is 0 Å². The van der Waals surface area contributed by atoms with Crippen LogP contribution in [0.25, 0.3) is 0 Å². The summed E-state index contributed by atoms with van der Waals surface area (Å²) < 4.78 is 9.91. The quantitative estimate of drug-likeness (QED) is 0.531. The van der Waals surface area contributed by atoms with Crippen molar-refractivity contribution in [3.63, 3.8) is 0 Å². The first-order valence-electron chi connectivity index (χ1n) is 6.94. The highest BCUT2D eigenvalue weighted by atomic mass is 16.7. The SMILES string of the molecule is COC(CNC(=O)C(=O)N(CC(C)C)CC(C)C)OC. The smallest absolute Gasteiger partial charge is 0.311 e. The Hall–Kier alpha value is -1.14. The van der Waals surface area contributed by atoms with E-state index in [1.54, 1.807) is 4.90 Å². The van der Waals surface area contributed by atoms with Crippen molar-refractivity contribution in [2.45, 2.75) is 34.0 Å². The standard InChI is InChI=1S/C14H28N2O4/c1-10(2)8-16(9-11(3)4)14(18)13(17)15-7-12(19-5)20-6/h10-12H,7-9H2,1-6H3,(H,15,17). The summed E-state index contributed by atoms with van der Waals surface area (Å²) in [5.41, 5.74) is 0. The number of amides is 2. The Kier molecular flexibility index (Phi) is 9.16. The molecule has 0 spiro atoms. The highest BCUT2D eigenvalue weighted by molar-refractivity contribution is 6.35. The van der Waals surface area contributed by atoms with Gasteiger partial charge in [0.25, 0.3) is 0 Å². The van der Waals surface area contributed by atoms with Crippen molar-refractivity contribution in [3.05, 3.63) is 0 Å². The van der Waals surface area contributed by atoms with Crippen LogP contribution in [-0.2, 0) is 19.1 Å². The summed E-state index contributed by atoms with van der Waals surface area (Å²) in [6, 6.07) is 0. The van der Waals surface area contributed by atoms with Gasteiger partial charge in [0.15, 0.2) is 6.29 Å². The van der Waals surface area contributed by atoms with Gasteiger partial charge in [-0.05, 0) is 11.8 Å². The van der Waals surface area contributed by atoms with Gasteiger partial charge in [0.1, 0.15) is 0 Å². The van der Waals surface area contributed by atoms with Gasteiger partial charge in [0.2, 0.25) is 0 Å². The van der Waals surface area contributed by atoms with Crippen molar-refractivity contribution >= 4 is 11.8 Å². The fraction of sp³-hybridized carbons (Fsp3) is 0.857. The van der Waals surface area contributed by atoms with Gasteiger partial charge < -0.3 is 19.7 Å². The molecule has 1 N–H and O–H groups in total. The minimum atomic E-state index is -0.620. The summed E-state index contributed by atoms with van der Waals surface area (Å²) in [5.74, 6) is -0.490. The molecule has 0 saturated heterocycles. The van der Waals surface area contributed by atoms with E-state index in [0.717, 1.165) is 0 Å². The molecule has 0 aromatic rings. The van der Waals surface area contributed by atoms with Gasteiger partial charge in [-0.2, -0.15) is 0 Å². The van der Waals surface area contributed by atoms with Gasteiger partial charge >= 0.3 is 11.8 Å².